The fraction of sp³-hybridized carbons (Fsp3) is 0.714. The molecule has 0 aromatic rings. The first-order valence-electron chi connectivity index (χ1n) is 3.87. The fourth-order valence-corrected chi connectivity index (χ4v) is 0.748. The SMILES string of the molecule is CC(C)C[C@H](N)C(=O)OOC(N)=O. The van der Waals surface area contributed by atoms with Crippen LogP contribution in [-0.2, 0) is 14.6 Å². The minimum atomic E-state index is -1.18. The van der Waals surface area contributed by atoms with Gasteiger partial charge in [0.15, 0.2) is 0 Å². The van der Waals surface area contributed by atoms with E-state index >= 15 is 0 Å². The van der Waals surface area contributed by atoms with Crippen molar-refractivity contribution in [3.8, 4) is 0 Å². The van der Waals surface area contributed by atoms with Gasteiger partial charge in [0.05, 0.1) is 0 Å². The minimum Gasteiger partial charge on any atom is -0.332 e. The second-order valence-corrected chi connectivity index (χ2v) is 3.04. The predicted octanol–water partition coefficient (Wildman–Crippen LogP) is -0.0867. The Labute approximate surface area is 76.1 Å². The Morgan fingerprint density at radius 2 is 1.85 bits per heavy atom. The molecule has 0 fully saturated rings. The monoisotopic (exact) mass is 190 g/mol. The molecule has 0 aliphatic carbocycles. The molecule has 0 unspecified atom stereocenters. The van der Waals surface area contributed by atoms with Crippen LogP contribution in [0.2, 0.25) is 0 Å². The summed E-state index contributed by atoms with van der Waals surface area (Å²) in [5.41, 5.74) is 9.96. The Hall–Kier alpha value is -1.30. The van der Waals surface area contributed by atoms with Crippen LogP contribution in [0, 0.1) is 5.92 Å². The third kappa shape index (κ3) is 5.92. The Bertz CT molecular complexity index is 193. The van der Waals surface area contributed by atoms with Crippen LogP contribution < -0.4 is 11.5 Å². The van der Waals surface area contributed by atoms with Crippen molar-refractivity contribution in [2.24, 2.45) is 17.4 Å². The van der Waals surface area contributed by atoms with Crippen LogP contribution in [0.3, 0.4) is 0 Å². The van der Waals surface area contributed by atoms with E-state index in [1.54, 1.807) is 0 Å². The van der Waals surface area contributed by atoms with Gasteiger partial charge in [0.2, 0.25) is 0 Å². The van der Waals surface area contributed by atoms with Gasteiger partial charge in [0, 0.05) is 0 Å². The highest BCUT2D eigenvalue weighted by Crippen LogP contribution is 2.03. The van der Waals surface area contributed by atoms with Gasteiger partial charge in [-0.25, -0.2) is 19.4 Å². The number of nitrogens with two attached hydrogens (primary N) is 2. The smallest absolute Gasteiger partial charge is 0.332 e. The molecule has 1 atom stereocenters. The van der Waals surface area contributed by atoms with E-state index in [-0.39, 0.29) is 5.92 Å². The van der Waals surface area contributed by atoms with Gasteiger partial charge < -0.3 is 11.5 Å². The molecule has 1 amide bonds. The lowest BCUT2D eigenvalue weighted by atomic mass is 10.1. The molecular formula is C7H14N2O4. The molecule has 0 saturated heterocycles. The number of hydrogen-bond acceptors (Lipinski definition) is 5. The molecule has 0 aliphatic heterocycles. The van der Waals surface area contributed by atoms with Gasteiger partial charge in [-0.2, -0.15) is 0 Å². The van der Waals surface area contributed by atoms with E-state index in [0.717, 1.165) is 0 Å². The molecule has 0 spiro atoms. The third-order valence-electron chi connectivity index (χ3n) is 1.23. The maximum atomic E-state index is 10.9. The van der Waals surface area contributed by atoms with E-state index in [1.807, 2.05) is 13.8 Å². The topological polar surface area (TPSA) is 105 Å². The molecule has 0 aliphatic rings. The van der Waals surface area contributed by atoms with E-state index in [2.05, 4.69) is 15.5 Å². The fourth-order valence-electron chi connectivity index (χ4n) is 0.748. The normalized spacial score (nSPS) is 12.3. The van der Waals surface area contributed by atoms with Crippen molar-refractivity contribution < 1.29 is 19.4 Å². The second-order valence-electron chi connectivity index (χ2n) is 3.04. The highest BCUT2D eigenvalue weighted by Gasteiger charge is 2.18. The zero-order chi connectivity index (χ0) is 10.4. The molecule has 0 heterocycles. The molecule has 6 nitrogen and oxygen atoms in total. The Balaban J connectivity index is 3.76. The number of hydrogen-bond donors (Lipinski definition) is 2. The number of rotatable bonds is 3. The molecule has 6 heteroatoms. The van der Waals surface area contributed by atoms with Crippen LogP contribution in [0.5, 0.6) is 0 Å². The van der Waals surface area contributed by atoms with Gasteiger partial charge in [-0.05, 0) is 12.3 Å². The number of amides is 1. The van der Waals surface area contributed by atoms with E-state index < -0.39 is 18.1 Å². The molecular weight excluding hydrogens is 176 g/mol. The van der Waals surface area contributed by atoms with Crippen molar-refractivity contribution in [2.45, 2.75) is 26.3 Å². The zero-order valence-electron chi connectivity index (χ0n) is 7.65. The lowest BCUT2D eigenvalue weighted by Crippen LogP contribution is -2.34. The van der Waals surface area contributed by atoms with Gasteiger partial charge in [-0.15, -0.1) is 0 Å². The average molecular weight is 190 g/mol. The molecule has 0 bridgehead atoms. The van der Waals surface area contributed by atoms with Gasteiger partial charge in [0.1, 0.15) is 6.04 Å². The predicted molar refractivity (Wildman–Crippen MR) is 44.2 cm³/mol. The molecule has 0 rings (SSSR count). The maximum absolute atomic E-state index is 10.9. The maximum Gasteiger partial charge on any atom is 0.447 e. The van der Waals surface area contributed by atoms with Crippen molar-refractivity contribution in [1.29, 1.82) is 0 Å². The summed E-state index contributed by atoms with van der Waals surface area (Å²) in [5.74, 6) is -0.538. The van der Waals surface area contributed by atoms with Crippen LogP contribution in [0.25, 0.3) is 0 Å². The molecule has 0 aromatic heterocycles. The zero-order valence-corrected chi connectivity index (χ0v) is 7.65. The second kappa shape index (κ2) is 5.36. The van der Waals surface area contributed by atoms with Crippen molar-refractivity contribution in [3.05, 3.63) is 0 Å². The first-order chi connectivity index (χ1) is 5.93. The van der Waals surface area contributed by atoms with Crippen LogP contribution >= 0.6 is 0 Å². The molecule has 4 N–H and O–H groups in total. The quantitative estimate of drug-likeness (QED) is 0.478. The van der Waals surface area contributed by atoms with Crippen molar-refractivity contribution in [2.75, 3.05) is 0 Å². The largest absolute Gasteiger partial charge is 0.447 e. The summed E-state index contributed by atoms with van der Waals surface area (Å²) >= 11 is 0. The summed E-state index contributed by atoms with van der Waals surface area (Å²) < 4.78 is 0. The van der Waals surface area contributed by atoms with E-state index in [4.69, 9.17) is 5.73 Å². The average Bonchev–Trinajstić information content (AvgIpc) is 1.98. The summed E-state index contributed by atoms with van der Waals surface area (Å²) in [4.78, 5) is 28.8. The highest BCUT2D eigenvalue weighted by molar-refractivity contribution is 5.76. The molecule has 0 radical (unpaired) electrons. The van der Waals surface area contributed by atoms with Crippen LogP contribution in [0.15, 0.2) is 0 Å². The summed E-state index contributed by atoms with van der Waals surface area (Å²) in [7, 11) is 0. The number of primary amides is 1. The van der Waals surface area contributed by atoms with Crippen LogP contribution in [-0.4, -0.2) is 18.1 Å². The summed E-state index contributed by atoms with van der Waals surface area (Å²) in [5, 5.41) is 0. The van der Waals surface area contributed by atoms with Crippen molar-refractivity contribution >= 4 is 12.1 Å². The lowest BCUT2D eigenvalue weighted by molar-refractivity contribution is -0.232. The Kier molecular flexibility index (Phi) is 4.83. The standard InChI is InChI=1S/C7H14N2O4/c1-4(2)3-5(8)6(10)12-13-7(9)11/h4-5H,3,8H2,1-2H3,(H2,9,11)/t5-/m0/s1. The number of carbonyl (C=O) groups is 2. The first kappa shape index (κ1) is 11.7. The summed E-state index contributed by atoms with van der Waals surface area (Å²) in [6.07, 6.45) is -0.717. The number of carbonyl (C=O) groups excluding carboxylic acids is 2. The van der Waals surface area contributed by atoms with E-state index in [1.165, 1.54) is 0 Å². The van der Waals surface area contributed by atoms with Gasteiger partial charge >= 0.3 is 12.1 Å². The minimum absolute atomic E-state index is 0.260. The van der Waals surface area contributed by atoms with E-state index in [0.29, 0.717) is 6.42 Å². The van der Waals surface area contributed by atoms with Gasteiger partial charge in [-0.1, -0.05) is 13.8 Å². The van der Waals surface area contributed by atoms with Crippen molar-refractivity contribution in [1.82, 2.24) is 0 Å². The van der Waals surface area contributed by atoms with E-state index in [9.17, 15) is 9.59 Å². The summed E-state index contributed by atoms with van der Waals surface area (Å²) in [6, 6.07) is -0.792. The first-order valence-corrected chi connectivity index (χ1v) is 3.87. The third-order valence-corrected chi connectivity index (χ3v) is 1.23. The van der Waals surface area contributed by atoms with Gasteiger partial charge in [0.25, 0.3) is 0 Å². The molecule has 0 aromatic carbocycles. The molecule has 0 saturated carbocycles. The molecule has 76 valence electrons. The highest BCUT2D eigenvalue weighted by atomic mass is 17.2. The van der Waals surface area contributed by atoms with Gasteiger partial charge in [-0.3, -0.25) is 0 Å². The Morgan fingerprint density at radius 1 is 1.31 bits per heavy atom. The Morgan fingerprint density at radius 3 is 2.23 bits per heavy atom. The lowest BCUT2D eigenvalue weighted by Gasteiger charge is -2.10. The summed E-state index contributed by atoms with van der Waals surface area (Å²) in [6.45, 7) is 3.81. The van der Waals surface area contributed by atoms with Crippen molar-refractivity contribution in [3.63, 3.8) is 0 Å². The molecule has 13 heavy (non-hydrogen) atoms. The van der Waals surface area contributed by atoms with Crippen LogP contribution in [0.4, 0.5) is 4.79 Å². The van der Waals surface area contributed by atoms with Crippen LogP contribution in [0.1, 0.15) is 20.3 Å².